The number of aliphatic hydroxyl groups excluding tert-OH is 1. The van der Waals surface area contributed by atoms with Gasteiger partial charge in [0.15, 0.2) is 0 Å². The first kappa shape index (κ1) is 12.0. The molecule has 1 atom stereocenters. The summed E-state index contributed by atoms with van der Waals surface area (Å²) < 4.78 is 0. The molecule has 0 aromatic heterocycles. The summed E-state index contributed by atoms with van der Waals surface area (Å²) in [6, 6.07) is 0. The molecule has 0 spiro atoms. The highest BCUT2D eigenvalue weighted by Crippen LogP contribution is 2.14. The lowest BCUT2D eigenvalue weighted by atomic mass is 9.99. The molecule has 1 heterocycles. The number of aliphatic hydroxyl groups is 1. The van der Waals surface area contributed by atoms with E-state index in [1.54, 1.807) is 0 Å². The minimum atomic E-state index is -0.0356. The Balaban J connectivity index is 2.25. The van der Waals surface area contributed by atoms with Crippen LogP contribution in [0, 0.1) is 18.3 Å². The molecule has 1 saturated heterocycles. The van der Waals surface area contributed by atoms with E-state index in [9.17, 15) is 4.79 Å². The lowest BCUT2D eigenvalue weighted by Crippen LogP contribution is -2.43. The van der Waals surface area contributed by atoms with Crippen molar-refractivity contribution in [2.24, 2.45) is 5.92 Å². The molecule has 0 aliphatic carbocycles. The third-order valence-electron chi connectivity index (χ3n) is 2.62. The van der Waals surface area contributed by atoms with Crippen LogP contribution >= 0.6 is 0 Å². The van der Waals surface area contributed by atoms with E-state index in [1.165, 1.54) is 0 Å². The van der Waals surface area contributed by atoms with Gasteiger partial charge in [-0.05, 0) is 25.3 Å². The SMILES string of the molecule is C#CCNC(=O)CN1CCCC(CO)C1. The summed E-state index contributed by atoms with van der Waals surface area (Å²) >= 11 is 0. The van der Waals surface area contributed by atoms with E-state index >= 15 is 0 Å². The zero-order valence-electron chi connectivity index (χ0n) is 8.91. The first-order valence-corrected chi connectivity index (χ1v) is 5.29. The van der Waals surface area contributed by atoms with Crippen LogP contribution in [0.4, 0.5) is 0 Å². The van der Waals surface area contributed by atoms with Gasteiger partial charge in [0.05, 0.1) is 13.1 Å². The van der Waals surface area contributed by atoms with Crippen molar-refractivity contribution >= 4 is 5.91 Å². The fraction of sp³-hybridized carbons (Fsp3) is 0.727. The predicted molar refractivity (Wildman–Crippen MR) is 58.1 cm³/mol. The van der Waals surface area contributed by atoms with Gasteiger partial charge in [-0.2, -0.15) is 0 Å². The summed E-state index contributed by atoms with van der Waals surface area (Å²) in [5.74, 6) is 2.65. The average molecular weight is 210 g/mol. The lowest BCUT2D eigenvalue weighted by molar-refractivity contribution is -0.122. The van der Waals surface area contributed by atoms with Crippen LogP contribution < -0.4 is 5.32 Å². The molecule has 0 radical (unpaired) electrons. The molecular weight excluding hydrogens is 192 g/mol. The first-order chi connectivity index (χ1) is 7.26. The van der Waals surface area contributed by atoms with Crippen molar-refractivity contribution in [1.82, 2.24) is 10.2 Å². The van der Waals surface area contributed by atoms with Crippen LogP contribution in [0.5, 0.6) is 0 Å². The minimum absolute atomic E-state index is 0.0356. The van der Waals surface area contributed by atoms with Crippen LogP contribution in [0.1, 0.15) is 12.8 Å². The molecule has 15 heavy (non-hydrogen) atoms. The van der Waals surface area contributed by atoms with E-state index in [4.69, 9.17) is 11.5 Å². The average Bonchev–Trinajstić information content (AvgIpc) is 2.26. The van der Waals surface area contributed by atoms with Crippen LogP contribution in [-0.2, 0) is 4.79 Å². The second-order valence-corrected chi connectivity index (χ2v) is 3.91. The van der Waals surface area contributed by atoms with Crippen LogP contribution in [0.25, 0.3) is 0 Å². The Labute approximate surface area is 90.6 Å². The van der Waals surface area contributed by atoms with Gasteiger partial charge in [-0.1, -0.05) is 5.92 Å². The maximum absolute atomic E-state index is 11.4. The number of terminal acetylenes is 1. The molecule has 84 valence electrons. The summed E-state index contributed by atoms with van der Waals surface area (Å²) in [5.41, 5.74) is 0. The number of carbonyl (C=O) groups is 1. The van der Waals surface area contributed by atoms with Gasteiger partial charge >= 0.3 is 0 Å². The fourth-order valence-electron chi connectivity index (χ4n) is 1.85. The number of piperidine rings is 1. The number of rotatable bonds is 4. The Morgan fingerprint density at radius 1 is 1.67 bits per heavy atom. The number of likely N-dealkylation sites (tertiary alicyclic amines) is 1. The topological polar surface area (TPSA) is 52.6 Å². The number of hydrogen-bond donors (Lipinski definition) is 2. The molecule has 4 heteroatoms. The molecule has 1 unspecified atom stereocenters. The van der Waals surface area contributed by atoms with Gasteiger partial charge in [-0.25, -0.2) is 0 Å². The van der Waals surface area contributed by atoms with Crippen molar-refractivity contribution in [2.75, 3.05) is 32.8 Å². The molecule has 4 nitrogen and oxygen atoms in total. The van der Waals surface area contributed by atoms with Gasteiger partial charge in [0, 0.05) is 13.2 Å². The van der Waals surface area contributed by atoms with E-state index in [1.807, 2.05) is 0 Å². The summed E-state index contributed by atoms with van der Waals surface area (Å²) in [6.45, 7) is 2.62. The van der Waals surface area contributed by atoms with Crippen molar-refractivity contribution in [1.29, 1.82) is 0 Å². The molecule has 0 aromatic rings. The Morgan fingerprint density at radius 2 is 2.47 bits per heavy atom. The maximum atomic E-state index is 11.4. The number of nitrogens with zero attached hydrogens (tertiary/aromatic N) is 1. The molecule has 1 amide bonds. The summed E-state index contributed by atoms with van der Waals surface area (Å²) in [5, 5.41) is 11.7. The highest BCUT2D eigenvalue weighted by atomic mass is 16.3. The first-order valence-electron chi connectivity index (χ1n) is 5.29. The molecule has 1 fully saturated rings. The van der Waals surface area contributed by atoms with E-state index in [0.717, 1.165) is 25.9 Å². The van der Waals surface area contributed by atoms with E-state index in [0.29, 0.717) is 12.5 Å². The minimum Gasteiger partial charge on any atom is -0.396 e. The van der Waals surface area contributed by atoms with Gasteiger partial charge < -0.3 is 10.4 Å². The Kier molecular flexibility index (Phi) is 5.16. The number of amides is 1. The van der Waals surface area contributed by atoms with E-state index < -0.39 is 0 Å². The van der Waals surface area contributed by atoms with Crippen LogP contribution in [-0.4, -0.2) is 48.7 Å². The van der Waals surface area contributed by atoms with Gasteiger partial charge in [-0.3, -0.25) is 9.69 Å². The van der Waals surface area contributed by atoms with E-state index in [-0.39, 0.29) is 19.1 Å². The van der Waals surface area contributed by atoms with Crippen LogP contribution in [0.2, 0.25) is 0 Å². The van der Waals surface area contributed by atoms with Gasteiger partial charge in [0.25, 0.3) is 0 Å². The predicted octanol–water partition coefficient (Wildman–Crippen LogP) is -0.560. The molecule has 1 aliphatic rings. The molecule has 0 aromatic carbocycles. The number of carbonyl (C=O) groups excluding carboxylic acids is 1. The Hall–Kier alpha value is -1.05. The standard InChI is InChI=1S/C11H18N2O2/c1-2-5-12-11(15)8-13-6-3-4-10(7-13)9-14/h1,10,14H,3-9H2,(H,12,15). The highest BCUT2D eigenvalue weighted by molar-refractivity contribution is 5.78. The summed E-state index contributed by atoms with van der Waals surface area (Å²) in [6.07, 6.45) is 7.15. The third kappa shape index (κ3) is 4.32. The third-order valence-corrected chi connectivity index (χ3v) is 2.62. The number of nitrogens with one attached hydrogen (secondary N) is 1. The van der Waals surface area contributed by atoms with Crippen LogP contribution in [0.3, 0.4) is 0 Å². The van der Waals surface area contributed by atoms with Crippen molar-refractivity contribution in [3.63, 3.8) is 0 Å². The quantitative estimate of drug-likeness (QED) is 0.612. The Bertz CT molecular complexity index is 247. The van der Waals surface area contributed by atoms with Gasteiger partial charge in [0.1, 0.15) is 0 Å². The lowest BCUT2D eigenvalue weighted by Gasteiger charge is -2.31. The molecular formula is C11H18N2O2. The zero-order chi connectivity index (χ0) is 11.1. The maximum Gasteiger partial charge on any atom is 0.234 e. The normalized spacial score (nSPS) is 22.0. The zero-order valence-corrected chi connectivity index (χ0v) is 8.91. The van der Waals surface area contributed by atoms with Crippen molar-refractivity contribution in [2.45, 2.75) is 12.8 Å². The summed E-state index contributed by atoms with van der Waals surface area (Å²) in [7, 11) is 0. The fourth-order valence-corrected chi connectivity index (χ4v) is 1.85. The monoisotopic (exact) mass is 210 g/mol. The van der Waals surface area contributed by atoms with Gasteiger partial charge in [-0.15, -0.1) is 6.42 Å². The van der Waals surface area contributed by atoms with Crippen LogP contribution in [0.15, 0.2) is 0 Å². The Morgan fingerprint density at radius 3 is 3.13 bits per heavy atom. The van der Waals surface area contributed by atoms with Crippen molar-refractivity contribution < 1.29 is 9.90 Å². The van der Waals surface area contributed by atoms with Crippen molar-refractivity contribution in [3.05, 3.63) is 0 Å². The van der Waals surface area contributed by atoms with Gasteiger partial charge in [0.2, 0.25) is 5.91 Å². The second kappa shape index (κ2) is 6.44. The molecule has 0 saturated carbocycles. The largest absolute Gasteiger partial charge is 0.396 e. The number of hydrogen-bond acceptors (Lipinski definition) is 3. The smallest absolute Gasteiger partial charge is 0.234 e. The molecule has 0 bridgehead atoms. The van der Waals surface area contributed by atoms with E-state index in [2.05, 4.69) is 16.1 Å². The molecule has 1 aliphatic heterocycles. The second-order valence-electron chi connectivity index (χ2n) is 3.91. The molecule has 2 N–H and O–H groups in total. The molecule has 1 rings (SSSR count). The summed E-state index contributed by atoms with van der Waals surface area (Å²) in [4.78, 5) is 13.4. The highest BCUT2D eigenvalue weighted by Gasteiger charge is 2.20. The van der Waals surface area contributed by atoms with Crippen molar-refractivity contribution in [3.8, 4) is 12.3 Å².